The SMILES string of the molecule is COc1ccc(COCCCC[C@H](O[Si](C)(C)C(C)(C)C)[C@H](C)/C=C/C(=O)CC[C@H]2CC[C@H](CO[Si](c3ccccc3)(c3ccccc3)C(C)(C)C)O2)cc1. The zero-order valence-electron chi connectivity index (χ0n) is 35.6. The number of ketones is 1. The van der Waals surface area contributed by atoms with Gasteiger partial charge in [0.25, 0.3) is 8.32 Å². The van der Waals surface area contributed by atoms with Crippen LogP contribution < -0.4 is 15.1 Å². The molecule has 1 aliphatic heterocycles. The van der Waals surface area contributed by atoms with Crippen molar-refractivity contribution in [1.29, 1.82) is 0 Å². The first-order valence-corrected chi connectivity index (χ1v) is 25.4. The van der Waals surface area contributed by atoms with Gasteiger partial charge in [-0.15, -0.1) is 0 Å². The molecule has 0 aromatic heterocycles. The van der Waals surface area contributed by atoms with Crippen molar-refractivity contribution in [3.05, 3.63) is 103 Å². The van der Waals surface area contributed by atoms with E-state index in [4.69, 9.17) is 23.1 Å². The van der Waals surface area contributed by atoms with Gasteiger partial charge in [-0.1, -0.05) is 127 Å². The molecule has 1 saturated heterocycles. The first kappa shape index (κ1) is 44.9. The summed E-state index contributed by atoms with van der Waals surface area (Å²) in [5.74, 6) is 1.14. The Morgan fingerprint density at radius 3 is 2.00 bits per heavy atom. The van der Waals surface area contributed by atoms with Crippen molar-refractivity contribution in [3.63, 3.8) is 0 Å². The summed E-state index contributed by atoms with van der Waals surface area (Å²) < 4.78 is 31.9. The summed E-state index contributed by atoms with van der Waals surface area (Å²) in [5, 5.41) is 2.59. The second-order valence-electron chi connectivity index (χ2n) is 18.0. The van der Waals surface area contributed by atoms with Crippen molar-refractivity contribution in [2.75, 3.05) is 20.3 Å². The fourth-order valence-corrected chi connectivity index (χ4v) is 13.3. The number of carbonyl (C=O) groups excluding carboxylic acids is 1. The third-order valence-corrected chi connectivity index (χ3v) is 21.2. The molecule has 0 unspecified atom stereocenters. The van der Waals surface area contributed by atoms with E-state index in [0.717, 1.165) is 49.8 Å². The summed E-state index contributed by atoms with van der Waals surface area (Å²) in [7, 11) is -2.95. The van der Waals surface area contributed by atoms with E-state index in [1.54, 1.807) is 13.2 Å². The fourth-order valence-electron chi connectivity index (χ4n) is 7.31. The lowest BCUT2D eigenvalue weighted by atomic mass is 9.98. The van der Waals surface area contributed by atoms with E-state index in [2.05, 4.69) is 128 Å². The molecule has 4 atom stereocenters. The van der Waals surface area contributed by atoms with Crippen LogP contribution in [0.4, 0.5) is 0 Å². The number of hydrogen-bond donors (Lipinski definition) is 0. The summed E-state index contributed by atoms with van der Waals surface area (Å²) in [4.78, 5) is 13.2. The van der Waals surface area contributed by atoms with Gasteiger partial charge in [-0.05, 0) is 102 Å². The van der Waals surface area contributed by atoms with Crippen LogP contribution in [-0.2, 0) is 29.7 Å². The van der Waals surface area contributed by atoms with Crippen LogP contribution in [0, 0.1) is 5.92 Å². The van der Waals surface area contributed by atoms with Crippen LogP contribution in [0.25, 0.3) is 0 Å². The van der Waals surface area contributed by atoms with Crippen molar-refractivity contribution < 1.29 is 27.9 Å². The standard InChI is InChI=1S/C47H70O6Si2/c1-37(45(53-54(9,10)46(2,3)4)23-17-18-34-50-35-38-25-29-40(49-8)30-26-38)24-27-39(48)28-31-41-32-33-42(52-41)36-51-55(47(5,6)7,43-19-13-11-14-20-43)44-21-15-12-16-22-44/h11-16,19-22,24-27,29-30,37,41-42,45H,17-18,23,28,31-36H2,1-10H3/b27-24+/t37-,41+,42-,45+/m1/s1. The van der Waals surface area contributed by atoms with Gasteiger partial charge in [0.1, 0.15) is 5.75 Å². The summed E-state index contributed by atoms with van der Waals surface area (Å²) in [6.07, 6.45) is 10.1. The predicted octanol–water partition coefficient (Wildman–Crippen LogP) is 10.4. The summed E-state index contributed by atoms with van der Waals surface area (Å²) >= 11 is 0. The van der Waals surface area contributed by atoms with Gasteiger partial charge >= 0.3 is 0 Å². The van der Waals surface area contributed by atoms with Crippen LogP contribution >= 0.6 is 0 Å². The van der Waals surface area contributed by atoms with Crippen molar-refractivity contribution in [3.8, 4) is 5.75 Å². The molecule has 0 bridgehead atoms. The van der Waals surface area contributed by atoms with Gasteiger partial charge in [0, 0.05) is 13.0 Å². The first-order valence-electron chi connectivity index (χ1n) is 20.6. The molecule has 1 heterocycles. The average Bonchev–Trinajstić information content (AvgIpc) is 3.62. The van der Waals surface area contributed by atoms with E-state index >= 15 is 0 Å². The summed E-state index contributed by atoms with van der Waals surface area (Å²) in [6, 6.07) is 29.6. The van der Waals surface area contributed by atoms with Crippen molar-refractivity contribution in [1.82, 2.24) is 0 Å². The Kier molecular flexibility index (Phi) is 16.7. The quantitative estimate of drug-likeness (QED) is 0.0609. The predicted molar refractivity (Wildman–Crippen MR) is 233 cm³/mol. The van der Waals surface area contributed by atoms with Gasteiger partial charge in [0.2, 0.25) is 0 Å². The van der Waals surface area contributed by atoms with Gasteiger partial charge in [-0.2, -0.15) is 0 Å². The molecule has 0 radical (unpaired) electrons. The number of hydrogen-bond acceptors (Lipinski definition) is 6. The Morgan fingerprint density at radius 1 is 0.836 bits per heavy atom. The molecular weight excluding hydrogens is 717 g/mol. The molecule has 0 saturated carbocycles. The zero-order chi connectivity index (χ0) is 40.1. The van der Waals surface area contributed by atoms with Crippen LogP contribution in [0.3, 0.4) is 0 Å². The number of methoxy groups -OCH3 is 1. The van der Waals surface area contributed by atoms with E-state index in [-0.39, 0.29) is 40.1 Å². The lowest BCUT2D eigenvalue weighted by molar-refractivity contribution is -0.115. The van der Waals surface area contributed by atoms with E-state index < -0.39 is 16.6 Å². The molecule has 302 valence electrons. The number of rotatable bonds is 21. The van der Waals surface area contributed by atoms with Gasteiger partial charge in [0.15, 0.2) is 14.1 Å². The lowest BCUT2D eigenvalue weighted by Crippen LogP contribution is -2.67. The molecular formula is C47H70O6Si2. The molecule has 6 nitrogen and oxygen atoms in total. The van der Waals surface area contributed by atoms with E-state index in [0.29, 0.717) is 26.2 Å². The molecule has 0 spiro atoms. The molecule has 1 aliphatic rings. The largest absolute Gasteiger partial charge is 0.497 e. The highest BCUT2D eigenvalue weighted by Crippen LogP contribution is 2.39. The average molecular weight is 787 g/mol. The Labute approximate surface area is 335 Å². The number of unbranched alkanes of at least 4 members (excludes halogenated alkanes) is 1. The fraction of sp³-hybridized carbons (Fsp3) is 0.553. The molecule has 8 heteroatoms. The van der Waals surface area contributed by atoms with Crippen molar-refractivity contribution in [2.24, 2.45) is 5.92 Å². The van der Waals surface area contributed by atoms with Crippen LogP contribution in [0.15, 0.2) is 97.1 Å². The molecule has 0 amide bonds. The number of carbonyl (C=O) groups is 1. The number of benzene rings is 3. The highest BCUT2D eigenvalue weighted by atomic mass is 28.4. The maximum absolute atomic E-state index is 13.2. The minimum Gasteiger partial charge on any atom is -0.497 e. The van der Waals surface area contributed by atoms with E-state index in [1.807, 2.05) is 24.3 Å². The van der Waals surface area contributed by atoms with Crippen LogP contribution in [0.2, 0.25) is 23.2 Å². The second kappa shape index (κ2) is 20.5. The Morgan fingerprint density at radius 2 is 1.44 bits per heavy atom. The summed E-state index contributed by atoms with van der Waals surface area (Å²) in [5.41, 5.74) is 1.14. The number of ether oxygens (including phenoxy) is 3. The molecule has 0 N–H and O–H groups in total. The molecule has 3 aromatic rings. The topological polar surface area (TPSA) is 63.2 Å². The molecule has 4 rings (SSSR count). The Balaban J connectivity index is 1.28. The second-order valence-corrected chi connectivity index (χ2v) is 27.0. The highest BCUT2D eigenvalue weighted by molar-refractivity contribution is 6.99. The van der Waals surface area contributed by atoms with Crippen LogP contribution in [0.5, 0.6) is 5.75 Å². The first-order chi connectivity index (χ1) is 26.1. The van der Waals surface area contributed by atoms with Gasteiger partial charge in [-0.25, -0.2) is 0 Å². The maximum Gasteiger partial charge on any atom is 0.261 e. The third kappa shape index (κ3) is 12.8. The third-order valence-electron chi connectivity index (χ3n) is 11.7. The maximum atomic E-state index is 13.2. The highest BCUT2D eigenvalue weighted by Gasteiger charge is 2.50. The summed E-state index contributed by atoms with van der Waals surface area (Å²) in [6.45, 7) is 22.4. The van der Waals surface area contributed by atoms with Crippen molar-refractivity contribution in [2.45, 2.75) is 142 Å². The Hall–Kier alpha value is -2.86. The van der Waals surface area contributed by atoms with Crippen LogP contribution in [-0.4, -0.2) is 61.1 Å². The van der Waals surface area contributed by atoms with E-state index in [1.165, 1.54) is 10.4 Å². The minimum absolute atomic E-state index is 0.0263. The van der Waals surface area contributed by atoms with Gasteiger partial charge < -0.3 is 23.1 Å². The van der Waals surface area contributed by atoms with E-state index in [9.17, 15) is 4.79 Å². The van der Waals surface area contributed by atoms with Gasteiger partial charge in [0.05, 0.1) is 38.6 Å². The normalized spacial score (nSPS) is 18.1. The molecule has 3 aromatic carbocycles. The molecule has 0 aliphatic carbocycles. The lowest BCUT2D eigenvalue weighted by Gasteiger charge is -2.43. The molecule has 1 fully saturated rings. The molecule has 55 heavy (non-hydrogen) atoms. The Bertz CT molecular complexity index is 1550. The number of allylic oxidation sites excluding steroid dienone is 1. The van der Waals surface area contributed by atoms with Gasteiger partial charge in [-0.3, -0.25) is 4.79 Å². The monoisotopic (exact) mass is 786 g/mol. The van der Waals surface area contributed by atoms with Crippen LogP contribution in [0.1, 0.15) is 99.0 Å². The minimum atomic E-state index is -2.62. The van der Waals surface area contributed by atoms with Crippen molar-refractivity contribution >= 4 is 32.8 Å². The zero-order valence-corrected chi connectivity index (χ0v) is 37.6. The smallest absolute Gasteiger partial charge is 0.261 e.